The summed E-state index contributed by atoms with van der Waals surface area (Å²) in [7, 11) is 0. The molecule has 1 fully saturated rings. The topological polar surface area (TPSA) is 20.2 Å². The van der Waals surface area contributed by atoms with Crippen LogP contribution in [0.4, 0.5) is 0 Å². The minimum absolute atomic E-state index is 0.446. The van der Waals surface area contributed by atoms with Crippen LogP contribution in [0.2, 0.25) is 0 Å². The van der Waals surface area contributed by atoms with Crippen molar-refractivity contribution < 1.29 is 5.11 Å². The van der Waals surface area contributed by atoms with E-state index in [1.807, 2.05) is 0 Å². The highest BCUT2D eigenvalue weighted by Crippen LogP contribution is 2.49. The third-order valence-electron chi connectivity index (χ3n) is 4.87. The number of aliphatic hydroxyl groups is 1. The summed E-state index contributed by atoms with van der Waals surface area (Å²) >= 11 is 0. The Kier molecular flexibility index (Phi) is 3.18. The molecular weight excluding hydrogens is 196 g/mol. The zero-order chi connectivity index (χ0) is 11.9. The highest BCUT2D eigenvalue weighted by atomic mass is 16.3. The van der Waals surface area contributed by atoms with E-state index in [2.05, 4.69) is 33.8 Å². The first kappa shape index (κ1) is 12.2. The summed E-state index contributed by atoms with van der Waals surface area (Å²) in [5, 5.41) is 10.9. The lowest BCUT2D eigenvalue weighted by Crippen LogP contribution is -2.47. The molecule has 0 bridgehead atoms. The third-order valence-corrected chi connectivity index (χ3v) is 4.87. The summed E-state index contributed by atoms with van der Waals surface area (Å²) < 4.78 is 0. The molecule has 0 radical (unpaired) electrons. The zero-order valence-electron chi connectivity index (χ0n) is 11.2. The van der Waals surface area contributed by atoms with Gasteiger partial charge in [-0.15, -0.1) is 0 Å². The minimum atomic E-state index is -0.473. The quantitative estimate of drug-likeness (QED) is 0.669. The fraction of sp³-hybridized carbons (Fsp3) is 0.867. The molecule has 92 valence electrons. The molecule has 1 N–H and O–H groups in total. The largest absolute Gasteiger partial charge is 0.385 e. The van der Waals surface area contributed by atoms with Crippen molar-refractivity contribution in [2.75, 3.05) is 0 Å². The molecule has 0 aliphatic heterocycles. The molecule has 0 aromatic heterocycles. The van der Waals surface area contributed by atoms with E-state index in [-0.39, 0.29) is 0 Å². The Balaban J connectivity index is 2.36. The first-order valence-corrected chi connectivity index (χ1v) is 6.89. The van der Waals surface area contributed by atoms with Gasteiger partial charge in [0.05, 0.1) is 5.60 Å². The van der Waals surface area contributed by atoms with Crippen LogP contribution in [0.25, 0.3) is 0 Å². The summed E-state index contributed by atoms with van der Waals surface area (Å²) in [4.78, 5) is 0. The average Bonchev–Trinajstić information content (AvgIpc) is 2.21. The van der Waals surface area contributed by atoms with Gasteiger partial charge in [0.1, 0.15) is 0 Å². The summed E-state index contributed by atoms with van der Waals surface area (Å²) in [6.45, 7) is 9.09. The maximum absolute atomic E-state index is 10.9. The van der Waals surface area contributed by atoms with Crippen molar-refractivity contribution in [3.63, 3.8) is 0 Å². The lowest BCUT2D eigenvalue weighted by atomic mass is 9.60. The van der Waals surface area contributed by atoms with E-state index in [0.29, 0.717) is 23.7 Å². The maximum Gasteiger partial charge on any atom is 0.0885 e. The van der Waals surface area contributed by atoms with Gasteiger partial charge in [0.25, 0.3) is 0 Å². The van der Waals surface area contributed by atoms with Crippen molar-refractivity contribution in [1.82, 2.24) is 0 Å². The maximum atomic E-state index is 10.9. The van der Waals surface area contributed by atoms with Gasteiger partial charge < -0.3 is 5.11 Å². The lowest BCUT2D eigenvalue weighted by Gasteiger charge is -2.49. The Bertz CT molecular complexity index is 292. The molecule has 0 saturated heterocycles. The summed E-state index contributed by atoms with van der Waals surface area (Å²) in [5.74, 6) is 2.38. The van der Waals surface area contributed by atoms with Gasteiger partial charge >= 0.3 is 0 Å². The first-order chi connectivity index (χ1) is 7.45. The molecule has 0 heterocycles. The number of rotatable bonds is 1. The molecule has 1 saturated carbocycles. The number of allylic oxidation sites excluding steroid dienone is 1. The minimum Gasteiger partial charge on any atom is -0.385 e. The second kappa shape index (κ2) is 4.18. The second-order valence-electron chi connectivity index (χ2n) is 6.39. The highest BCUT2D eigenvalue weighted by molar-refractivity contribution is 5.27. The van der Waals surface area contributed by atoms with Crippen molar-refractivity contribution in [3.05, 3.63) is 11.6 Å². The van der Waals surface area contributed by atoms with Crippen LogP contribution in [0, 0.1) is 23.7 Å². The van der Waals surface area contributed by atoms with Crippen LogP contribution in [0.15, 0.2) is 11.6 Å². The number of hydrogen-bond donors (Lipinski definition) is 1. The highest BCUT2D eigenvalue weighted by Gasteiger charge is 2.46. The van der Waals surface area contributed by atoms with Crippen LogP contribution < -0.4 is 0 Å². The van der Waals surface area contributed by atoms with Crippen LogP contribution in [-0.2, 0) is 0 Å². The molecule has 2 aliphatic carbocycles. The van der Waals surface area contributed by atoms with Crippen LogP contribution in [0.3, 0.4) is 0 Å². The normalized spacial score (nSPS) is 44.1. The average molecular weight is 222 g/mol. The van der Waals surface area contributed by atoms with E-state index < -0.39 is 5.60 Å². The van der Waals surface area contributed by atoms with Crippen molar-refractivity contribution in [2.45, 2.75) is 59.0 Å². The van der Waals surface area contributed by atoms with E-state index in [4.69, 9.17) is 0 Å². The zero-order valence-corrected chi connectivity index (χ0v) is 11.2. The summed E-state index contributed by atoms with van der Waals surface area (Å²) in [5.41, 5.74) is 0.902. The monoisotopic (exact) mass is 222 g/mol. The van der Waals surface area contributed by atoms with Gasteiger partial charge in [0, 0.05) is 0 Å². The van der Waals surface area contributed by atoms with Crippen LogP contribution in [0.5, 0.6) is 0 Å². The van der Waals surface area contributed by atoms with E-state index >= 15 is 0 Å². The molecule has 0 spiro atoms. The Morgan fingerprint density at radius 2 is 1.94 bits per heavy atom. The van der Waals surface area contributed by atoms with Crippen molar-refractivity contribution in [3.8, 4) is 0 Å². The SMILES string of the molecule is CC(C)[C@@H]1CC[C@@H](C)[C@]2(O)CC[C@@H](C)C=C12. The van der Waals surface area contributed by atoms with Gasteiger partial charge in [-0.25, -0.2) is 0 Å². The van der Waals surface area contributed by atoms with Crippen molar-refractivity contribution in [1.29, 1.82) is 0 Å². The molecule has 1 heteroatoms. The Morgan fingerprint density at radius 3 is 2.56 bits per heavy atom. The Morgan fingerprint density at radius 1 is 1.25 bits per heavy atom. The van der Waals surface area contributed by atoms with Gasteiger partial charge in [-0.05, 0) is 54.9 Å². The molecular formula is C15H26O. The predicted octanol–water partition coefficient (Wildman–Crippen LogP) is 3.78. The van der Waals surface area contributed by atoms with Crippen molar-refractivity contribution >= 4 is 0 Å². The number of fused-ring (bicyclic) bond motifs is 1. The fourth-order valence-electron chi connectivity index (χ4n) is 3.62. The van der Waals surface area contributed by atoms with E-state index in [0.717, 1.165) is 12.8 Å². The van der Waals surface area contributed by atoms with Crippen LogP contribution in [0.1, 0.15) is 53.4 Å². The number of hydrogen-bond acceptors (Lipinski definition) is 1. The fourth-order valence-corrected chi connectivity index (χ4v) is 3.62. The molecule has 16 heavy (non-hydrogen) atoms. The van der Waals surface area contributed by atoms with Crippen LogP contribution in [-0.4, -0.2) is 10.7 Å². The van der Waals surface area contributed by atoms with Crippen LogP contribution >= 0.6 is 0 Å². The third kappa shape index (κ3) is 1.84. The molecule has 1 nitrogen and oxygen atoms in total. The lowest BCUT2D eigenvalue weighted by molar-refractivity contribution is -0.0302. The van der Waals surface area contributed by atoms with E-state index in [1.54, 1.807) is 0 Å². The molecule has 0 amide bonds. The van der Waals surface area contributed by atoms with Gasteiger partial charge in [-0.2, -0.15) is 0 Å². The smallest absolute Gasteiger partial charge is 0.0885 e. The standard InChI is InChI=1S/C15H26O/c1-10(2)13-6-5-12(4)15(16)8-7-11(3)9-14(13)15/h9-13,16H,5-8H2,1-4H3/t11-,12-,13+,15-/m1/s1. The predicted molar refractivity (Wildman–Crippen MR) is 68.2 cm³/mol. The van der Waals surface area contributed by atoms with Gasteiger partial charge in [-0.3, -0.25) is 0 Å². The molecule has 0 aromatic carbocycles. The Hall–Kier alpha value is -0.300. The van der Waals surface area contributed by atoms with Gasteiger partial charge in [0.15, 0.2) is 0 Å². The molecule has 0 aromatic rings. The molecule has 4 atom stereocenters. The van der Waals surface area contributed by atoms with E-state index in [1.165, 1.54) is 18.4 Å². The first-order valence-electron chi connectivity index (χ1n) is 6.89. The summed E-state index contributed by atoms with van der Waals surface area (Å²) in [6, 6.07) is 0. The van der Waals surface area contributed by atoms with Gasteiger partial charge in [-0.1, -0.05) is 33.8 Å². The molecule has 0 unspecified atom stereocenters. The summed E-state index contributed by atoms with van der Waals surface area (Å²) in [6.07, 6.45) is 6.95. The van der Waals surface area contributed by atoms with Gasteiger partial charge in [0.2, 0.25) is 0 Å². The second-order valence-corrected chi connectivity index (χ2v) is 6.39. The molecule has 2 rings (SSSR count). The Labute approximate surface area is 99.9 Å². The van der Waals surface area contributed by atoms with E-state index in [9.17, 15) is 5.11 Å². The molecule has 2 aliphatic rings. The van der Waals surface area contributed by atoms with Crippen molar-refractivity contribution in [2.24, 2.45) is 23.7 Å².